The Morgan fingerprint density at radius 2 is 1.79 bits per heavy atom. The molecule has 4 nitrogen and oxygen atoms in total. The first kappa shape index (κ1) is 15.6. The number of alkyl halides is 5. The minimum atomic E-state index is -5.93. The number of hydrogen-bond acceptors (Lipinski definition) is 2. The Bertz CT molecular complexity index is 369. The average Bonchev–Trinajstić information content (AvgIpc) is 2.35. The van der Waals surface area contributed by atoms with Crippen molar-refractivity contribution in [3.05, 3.63) is 0 Å². The third-order valence-electron chi connectivity index (χ3n) is 2.95. The van der Waals surface area contributed by atoms with E-state index in [9.17, 15) is 31.5 Å². The number of halogens is 5. The second kappa shape index (κ2) is 5.30. The van der Waals surface area contributed by atoms with Crippen LogP contribution in [-0.2, 0) is 9.59 Å². The summed E-state index contributed by atoms with van der Waals surface area (Å²) in [5.41, 5.74) is 0. The summed E-state index contributed by atoms with van der Waals surface area (Å²) in [6.45, 7) is -0.637. The number of nitrogens with zero attached hydrogens (tertiary/aromatic N) is 1. The van der Waals surface area contributed by atoms with E-state index in [1.807, 2.05) is 0 Å². The quantitative estimate of drug-likeness (QED) is 0.775. The molecule has 0 aromatic heterocycles. The number of amides is 2. The van der Waals surface area contributed by atoms with Gasteiger partial charge in [0.05, 0.1) is 5.92 Å². The van der Waals surface area contributed by atoms with Crippen LogP contribution >= 0.6 is 0 Å². The molecule has 1 N–H and O–H groups in total. The van der Waals surface area contributed by atoms with Crippen molar-refractivity contribution in [1.82, 2.24) is 10.2 Å². The van der Waals surface area contributed by atoms with Gasteiger partial charge in [-0.05, 0) is 12.8 Å². The molecule has 1 fully saturated rings. The van der Waals surface area contributed by atoms with Crippen molar-refractivity contribution < 1.29 is 31.5 Å². The zero-order chi connectivity index (χ0) is 14.8. The highest BCUT2D eigenvalue weighted by Gasteiger charge is 2.64. The normalized spacial score (nSPS) is 21.2. The van der Waals surface area contributed by atoms with Gasteiger partial charge in [-0.3, -0.25) is 9.59 Å². The molecule has 0 aromatic rings. The molecule has 19 heavy (non-hydrogen) atoms. The number of piperidine rings is 1. The van der Waals surface area contributed by atoms with Crippen LogP contribution in [0.5, 0.6) is 0 Å². The molecule has 110 valence electrons. The third-order valence-corrected chi connectivity index (χ3v) is 2.95. The molecule has 0 bridgehead atoms. The summed E-state index contributed by atoms with van der Waals surface area (Å²) in [7, 11) is 1.33. The molecular formula is C10H13F5N2O2. The summed E-state index contributed by atoms with van der Waals surface area (Å²) in [6.07, 6.45) is -5.37. The standard InChI is InChI=1S/C10H13F5N2O2/c1-16-7(18)6-3-2-4-17(5-6)8(19)9(11,12)10(13,14)15/h6H,2-5H2,1H3,(H,16,18). The van der Waals surface area contributed by atoms with Crippen molar-refractivity contribution >= 4 is 11.8 Å². The first-order valence-corrected chi connectivity index (χ1v) is 5.56. The van der Waals surface area contributed by atoms with Gasteiger partial charge in [0.15, 0.2) is 0 Å². The predicted molar refractivity (Wildman–Crippen MR) is 54.4 cm³/mol. The van der Waals surface area contributed by atoms with Gasteiger partial charge in [0.25, 0.3) is 0 Å². The Hall–Kier alpha value is -1.41. The molecule has 0 radical (unpaired) electrons. The summed E-state index contributed by atoms with van der Waals surface area (Å²) in [4.78, 5) is 23.0. The van der Waals surface area contributed by atoms with Gasteiger partial charge in [0.1, 0.15) is 0 Å². The summed E-state index contributed by atoms with van der Waals surface area (Å²) < 4.78 is 62.1. The molecule has 1 unspecified atom stereocenters. The van der Waals surface area contributed by atoms with E-state index in [-0.39, 0.29) is 13.0 Å². The van der Waals surface area contributed by atoms with Gasteiger partial charge in [0, 0.05) is 20.1 Å². The Kier molecular flexibility index (Phi) is 4.36. The number of rotatable bonds is 2. The van der Waals surface area contributed by atoms with E-state index in [1.165, 1.54) is 7.05 Å². The zero-order valence-electron chi connectivity index (χ0n) is 10.1. The average molecular weight is 288 g/mol. The van der Waals surface area contributed by atoms with Crippen LogP contribution in [0, 0.1) is 5.92 Å². The van der Waals surface area contributed by atoms with Gasteiger partial charge in [0.2, 0.25) is 5.91 Å². The largest absolute Gasteiger partial charge is 0.463 e. The van der Waals surface area contributed by atoms with Crippen LogP contribution < -0.4 is 5.32 Å². The highest BCUT2D eigenvalue weighted by molar-refractivity contribution is 5.86. The van der Waals surface area contributed by atoms with Gasteiger partial charge in [-0.25, -0.2) is 0 Å². The monoisotopic (exact) mass is 288 g/mol. The number of nitrogens with one attached hydrogen (secondary N) is 1. The number of carbonyl (C=O) groups is 2. The lowest BCUT2D eigenvalue weighted by Gasteiger charge is -2.34. The Morgan fingerprint density at radius 1 is 1.21 bits per heavy atom. The van der Waals surface area contributed by atoms with Crippen molar-refractivity contribution in [2.75, 3.05) is 20.1 Å². The van der Waals surface area contributed by atoms with Crippen molar-refractivity contribution in [1.29, 1.82) is 0 Å². The molecule has 1 atom stereocenters. The second-order valence-electron chi connectivity index (χ2n) is 4.28. The van der Waals surface area contributed by atoms with Crippen LogP contribution in [0.25, 0.3) is 0 Å². The van der Waals surface area contributed by atoms with E-state index in [2.05, 4.69) is 5.32 Å². The molecule has 9 heteroatoms. The Morgan fingerprint density at radius 3 is 2.26 bits per heavy atom. The maximum Gasteiger partial charge on any atom is 0.463 e. The van der Waals surface area contributed by atoms with Crippen molar-refractivity contribution in [2.24, 2.45) is 5.92 Å². The fourth-order valence-electron chi connectivity index (χ4n) is 1.90. The molecule has 0 saturated carbocycles. The first-order valence-electron chi connectivity index (χ1n) is 5.56. The SMILES string of the molecule is CNC(=O)C1CCCN(C(=O)C(F)(F)C(F)(F)F)C1. The van der Waals surface area contributed by atoms with Crippen LogP contribution in [0.2, 0.25) is 0 Å². The fourth-order valence-corrected chi connectivity index (χ4v) is 1.90. The molecule has 0 aliphatic carbocycles. The number of hydrogen-bond donors (Lipinski definition) is 1. The minimum Gasteiger partial charge on any atom is -0.359 e. The van der Waals surface area contributed by atoms with Gasteiger partial charge < -0.3 is 10.2 Å². The molecule has 0 spiro atoms. The maximum absolute atomic E-state index is 12.9. The first-order chi connectivity index (χ1) is 8.61. The van der Waals surface area contributed by atoms with Crippen LogP contribution in [0.1, 0.15) is 12.8 Å². The third kappa shape index (κ3) is 3.13. The lowest BCUT2D eigenvalue weighted by molar-refractivity contribution is -0.274. The molecular weight excluding hydrogens is 275 g/mol. The highest BCUT2D eigenvalue weighted by atomic mass is 19.4. The van der Waals surface area contributed by atoms with Gasteiger partial charge >= 0.3 is 18.0 Å². The van der Waals surface area contributed by atoms with E-state index in [4.69, 9.17) is 0 Å². The lowest BCUT2D eigenvalue weighted by Crippen LogP contribution is -2.55. The second-order valence-corrected chi connectivity index (χ2v) is 4.28. The topological polar surface area (TPSA) is 49.4 Å². The van der Waals surface area contributed by atoms with Gasteiger partial charge in [-0.2, -0.15) is 22.0 Å². The van der Waals surface area contributed by atoms with Crippen LogP contribution in [0.15, 0.2) is 0 Å². The smallest absolute Gasteiger partial charge is 0.359 e. The van der Waals surface area contributed by atoms with Crippen molar-refractivity contribution in [3.8, 4) is 0 Å². The van der Waals surface area contributed by atoms with E-state index in [1.54, 1.807) is 0 Å². The highest BCUT2D eigenvalue weighted by Crippen LogP contribution is 2.37. The van der Waals surface area contributed by atoms with Gasteiger partial charge in [-0.15, -0.1) is 0 Å². The predicted octanol–water partition coefficient (Wildman–Crippen LogP) is 1.17. The minimum absolute atomic E-state index is 0.206. The molecule has 1 heterocycles. The van der Waals surface area contributed by atoms with Crippen molar-refractivity contribution in [3.63, 3.8) is 0 Å². The molecule has 1 saturated heterocycles. The van der Waals surface area contributed by atoms with Gasteiger partial charge in [-0.1, -0.05) is 0 Å². The number of likely N-dealkylation sites (tertiary alicyclic amines) is 1. The lowest BCUT2D eigenvalue weighted by atomic mass is 9.96. The summed E-state index contributed by atoms with van der Waals surface area (Å²) >= 11 is 0. The molecule has 1 rings (SSSR count). The van der Waals surface area contributed by atoms with E-state index < -0.39 is 36.4 Å². The molecule has 1 aliphatic heterocycles. The zero-order valence-corrected chi connectivity index (χ0v) is 10.1. The van der Waals surface area contributed by atoms with E-state index >= 15 is 0 Å². The van der Waals surface area contributed by atoms with Crippen LogP contribution in [-0.4, -0.2) is 49.0 Å². The van der Waals surface area contributed by atoms with Crippen LogP contribution in [0.4, 0.5) is 22.0 Å². The Balaban J connectivity index is 2.80. The van der Waals surface area contributed by atoms with E-state index in [0.29, 0.717) is 11.3 Å². The van der Waals surface area contributed by atoms with Crippen LogP contribution in [0.3, 0.4) is 0 Å². The molecule has 0 aromatic carbocycles. The van der Waals surface area contributed by atoms with Crippen molar-refractivity contribution in [2.45, 2.75) is 24.9 Å². The molecule has 1 aliphatic rings. The summed E-state index contributed by atoms with van der Waals surface area (Å²) in [6, 6.07) is 0. The number of carbonyl (C=O) groups excluding carboxylic acids is 2. The maximum atomic E-state index is 12.9. The molecule has 2 amide bonds. The van der Waals surface area contributed by atoms with E-state index in [0.717, 1.165) is 0 Å². The summed E-state index contributed by atoms with van der Waals surface area (Å²) in [5, 5.41) is 2.28. The summed E-state index contributed by atoms with van der Waals surface area (Å²) in [5.74, 6) is -8.95. The fraction of sp³-hybridized carbons (Fsp3) is 0.800. The Labute approximate surface area is 105 Å².